The first-order chi connectivity index (χ1) is 10.3. The van der Waals surface area contributed by atoms with E-state index in [9.17, 15) is 0 Å². The van der Waals surface area contributed by atoms with Gasteiger partial charge < -0.3 is 10.1 Å². The molecule has 0 bridgehead atoms. The van der Waals surface area contributed by atoms with E-state index in [-0.39, 0.29) is 0 Å². The largest absolute Gasteiger partial charge is 0.380 e. The average Bonchev–Trinajstić information content (AvgIpc) is 3.29. The summed E-state index contributed by atoms with van der Waals surface area (Å²) in [5.41, 5.74) is 2.40. The van der Waals surface area contributed by atoms with Gasteiger partial charge in [0.2, 0.25) is 0 Å². The Hall–Kier alpha value is -1.39. The number of hydrogen-bond acceptors (Lipinski definition) is 3. The smallest absolute Gasteiger partial charge is 0.0756 e. The molecule has 2 atom stereocenters. The second-order valence-electron chi connectivity index (χ2n) is 5.92. The van der Waals surface area contributed by atoms with Crippen LogP contribution in [0.4, 0.5) is 0 Å². The molecule has 1 aromatic heterocycles. The van der Waals surface area contributed by atoms with Gasteiger partial charge in [0.15, 0.2) is 0 Å². The summed E-state index contributed by atoms with van der Waals surface area (Å²) in [4.78, 5) is 0. The summed E-state index contributed by atoms with van der Waals surface area (Å²) in [6.45, 7) is 3.04. The Morgan fingerprint density at radius 3 is 2.76 bits per heavy atom. The predicted molar refractivity (Wildman–Crippen MR) is 85.5 cm³/mol. The van der Waals surface area contributed by atoms with E-state index in [4.69, 9.17) is 9.84 Å². The van der Waals surface area contributed by atoms with E-state index in [1.807, 2.05) is 14.2 Å². The fraction of sp³-hybridized carbons (Fsp3) is 0.588. The average molecular weight is 287 g/mol. The molecule has 3 rings (SSSR count). The first-order valence-corrected chi connectivity index (χ1v) is 7.93. The molecule has 21 heavy (non-hydrogen) atoms. The second-order valence-corrected chi connectivity index (χ2v) is 5.92. The molecule has 2 aromatic rings. The monoisotopic (exact) mass is 287 g/mol. The number of nitrogens with zero attached hydrogens (tertiary/aromatic N) is 2. The van der Waals surface area contributed by atoms with E-state index in [2.05, 4.69) is 41.2 Å². The normalized spacial score (nSPS) is 18.0. The topological polar surface area (TPSA) is 39.1 Å². The maximum absolute atomic E-state index is 5.75. The third-order valence-corrected chi connectivity index (χ3v) is 4.57. The van der Waals surface area contributed by atoms with Crippen molar-refractivity contribution >= 4 is 10.9 Å². The van der Waals surface area contributed by atoms with Crippen molar-refractivity contribution < 1.29 is 4.74 Å². The Kier molecular flexibility index (Phi) is 4.27. The van der Waals surface area contributed by atoms with Gasteiger partial charge in [-0.1, -0.05) is 18.2 Å². The molecule has 4 nitrogen and oxygen atoms in total. The number of benzene rings is 1. The zero-order chi connectivity index (χ0) is 14.8. The lowest BCUT2D eigenvalue weighted by Crippen LogP contribution is -2.42. The van der Waals surface area contributed by atoms with Gasteiger partial charge in [0.1, 0.15) is 0 Å². The molecule has 1 N–H and O–H groups in total. The molecule has 0 spiro atoms. The van der Waals surface area contributed by atoms with Crippen molar-refractivity contribution in [1.29, 1.82) is 0 Å². The molecule has 0 aliphatic heterocycles. The first kappa shape index (κ1) is 14.5. The first-order valence-electron chi connectivity index (χ1n) is 7.93. The van der Waals surface area contributed by atoms with Gasteiger partial charge in [0.05, 0.1) is 17.3 Å². The van der Waals surface area contributed by atoms with Gasteiger partial charge in [0, 0.05) is 31.5 Å². The van der Waals surface area contributed by atoms with Crippen LogP contribution >= 0.6 is 0 Å². The van der Waals surface area contributed by atoms with E-state index in [0.717, 1.165) is 13.0 Å². The van der Waals surface area contributed by atoms with Crippen LogP contribution in [-0.2, 0) is 17.7 Å². The van der Waals surface area contributed by atoms with Crippen molar-refractivity contribution in [3.8, 4) is 0 Å². The van der Waals surface area contributed by atoms with Gasteiger partial charge >= 0.3 is 0 Å². The third-order valence-electron chi connectivity index (χ3n) is 4.57. The van der Waals surface area contributed by atoms with Crippen molar-refractivity contribution in [1.82, 2.24) is 15.1 Å². The second kappa shape index (κ2) is 6.16. The van der Waals surface area contributed by atoms with Gasteiger partial charge in [-0.3, -0.25) is 4.68 Å². The molecule has 2 unspecified atom stereocenters. The molecule has 0 saturated heterocycles. The number of fused-ring (bicyclic) bond motifs is 1. The summed E-state index contributed by atoms with van der Waals surface area (Å²) < 4.78 is 7.84. The quantitative estimate of drug-likeness (QED) is 0.851. The van der Waals surface area contributed by atoms with E-state index in [1.54, 1.807) is 0 Å². The van der Waals surface area contributed by atoms with Gasteiger partial charge in [-0.15, -0.1) is 0 Å². The summed E-state index contributed by atoms with van der Waals surface area (Å²) in [5.74, 6) is 0.715. The lowest BCUT2D eigenvalue weighted by atomic mass is 10.00. The molecule has 1 fully saturated rings. The molecule has 1 aromatic carbocycles. The van der Waals surface area contributed by atoms with Crippen molar-refractivity contribution in [3.63, 3.8) is 0 Å². The van der Waals surface area contributed by atoms with Gasteiger partial charge in [-0.2, -0.15) is 5.10 Å². The summed E-state index contributed by atoms with van der Waals surface area (Å²) >= 11 is 0. The molecule has 1 aliphatic carbocycles. The zero-order valence-electron chi connectivity index (χ0n) is 13.2. The minimum Gasteiger partial charge on any atom is -0.380 e. The third kappa shape index (κ3) is 2.83. The number of ether oxygens (including phenoxy) is 1. The van der Waals surface area contributed by atoms with Crippen molar-refractivity contribution in [2.45, 2.75) is 44.9 Å². The number of hydrogen-bond donors (Lipinski definition) is 1. The molecule has 1 heterocycles. The van der Waals surface area contributed by atoms with Gasteiger partial charge in [-0.25, -0.2) is 0 Å². The summed E-state index contributed by atoms with van der Waals surface area (Å²) in [7, 11) is 3.86. The highest BCUT2D eigenvalue weighted by molar-refractivity contribution is 5.82. The molecular formula is C17H25N3O. The molecule has 4 heteroatoms. The summed E-state index contributed by atoms with van der Waals surface area (Å²) in [6, 6.07) is 8.83. The standard InChI is InChI=1S/C17H25N3O/c1-4-20-16-8-6-5-7-13(16)14(19-20)11-15(18-2)17(21-3)12-9-10-12/h5-8,12,15,17-18H,4,9-11H2,1-3H3. The number of nitrogens with one attached hydrogen (secondary N) is 1. The lowest BCUT2D eigenvalue weighted by Gasteiger charge is -2.25. The Balaban J connectivity index is 1.89. The highest BCUT2D eigenvalue weighted by atomic mass is 16.5. The highest BCUT2D eigenvalue weighted by Gasteiger charge is 2.36. The van der Waals surface area contributed by atoms with E-state index in [1.165, 1.54) is 29.4 Å². The number of methoxy groups -OCH3 is 1. The molecule has 0 radical (unpaired) electrons. The number of para-hydroxylation sites is 1. The van der Waals surface area contributed by atoms with Crippen LogP contribution in [0, 0.1) is 5.92 Å². The fourth-order valence-corrected chi connectivity index (χ4v) is 3.29. The predicted octanol–water partition coefficient (Wildman–Crippen LogP) is 2.61. The SMILES string of the molecule is CCn1nc(CC(NC)C(OC)C2CC2)c2ccccc21. The highest BCUT2D eigenvalue weighted by Crippen LogP contribution is 2.36. The molecule has 1 aliphatic rings. The number of aryl methyl sites for hydroxylation is 1. The number of aromatic nitrogens is 2. The molecule has 1 saturated carbocycles. The van der Waals surface area contributed by atoms with Crippen LogP contribution in [0.25, 0.3) is 10.9 Å². The van der Waals surface area contributed by atoms with Gasteiger partial charge in [0.25, 0.3) is 0 Å². The number of rotatable bonds is 7. The summed E-state index contributed by atoms with van der Waals surface area (Å²) in [6.07, 6.45) is 3.79. The van der Waals surface area contributed by atoms with Crippen LogP contribution in [0.3, 0.4) is 0 Å². The molecule has 0 amide bonds. The Morgan fingerprint density at radius 1 is 1.38 bits per heavy atom. The van der Waals surface area contributed by atoms with Crippen LogP contribution in [-0.4, -0.2) is 36.1 Å². The van der Waals surface area contributed by atoms with E-state index in [0.29, 0.717) is 18.1 Å². The van der Waals surface area contributed by atoms with Crippen LogP contribution in [0.15, 0.2) is 24.3 Å². The van der Waals surface area contributed by atoms with Crippen molar-refractivity contribution in [2.24, 2.45) is 5.92 Å². The van der Waals surface area contributed by atoms with Crippen LogP contribution in [0.1, 0.15) is 25.5 Å². The van der Waals surface area contributed by atoms with Crippen molar-refractivity contribution in [2.75, 3.05) is 14.2 Å². The van der Waals surface area contributed by atoms with Crippen LogP contribution < -0.4 is 5.32 Å². The van der Waals surface area contributed by atoms with Crippen LogP contribution in [0.5, 0.6) is 0 Å². The maximum Gasteiger partial charge on any atom is 0.0756 e. The minimum atomic E-state index is 0.292. The van der Waals surface area contributed by atoms with E-state index < -0.39 is 0 Å². The van der Waals surface area contributed by atoms with E-state index >= 15 is 0 Å². The minimum absolute atomic E-state index is 0.292. The fourth-order valence-electron chi connectivity index (χ4n) is 3.29. The molecular weight excluding hydrogens is 262 g/mol. The van der Waals surface area contributed by atoms with Crippen molar-refractivity contribution in [3.05, 3.63) is 30.0 Å². The van der Waals surface area contributed by atoms with Crippen LogP contribution in [0.2, 0.25) is 0 Å². The Labute approximate surface area is 126 Å². The molecule has 114 valence electrons. The van der Waals surface area contributed by atoms with Gasteiger partial charge in [-0.05, 0) is 38.8 Å². The Morgan fingerprint density at radius 2 is 2.14 bits per heavy atom. The lowest BCUT2D eigenvalue weighted by molar-refractivity contribution is 0.0532. The summed E-state index contributed by atoms with van der Waals surface area (Å²) in [5, 5.41) is 9.52. The number of likely N-dealkylation sites (N-methyl/N-ethyl adjacent to an activating group) is 1. The Bertz CT molecular complexity index is 603. The zero-order valence-corrected chi connectivity index (χ0v) is 13.2. The maximum atomic E-state index is 5.75.